The molecule has 1 aliphatic rings. The van der Waals surface area contributed by atoms with E-state index < -0.39 is 0 Å². The average Bonchev–Trinajstić information content (AvgIpc) is 2.86. The lowest BCUT2D eigenvalue weighted by molar-refractivity contribution is 0.298. The Morgan fingerprint density at radius 3 is 2.93 bits per heavy atom. The summed E-state index contributed by atoms with van der Waals surface area (Å²) in [5, 5.41) is 3.54. The molecular formula is C12H21N3. The molecule has 1 saturated heterocycles. The first kappa shape index (κ1) is 10.7. The summed E-state index contributed by atoms with van der Waals surface area (Å²) < 4.78 is 0. The van der Waals surface area contributed by atoms with Crippen LogP contribution in [0.3, 0.4) is 0 Å². The van der Waals surface area contributed by atoms with E-state index in [1.165, 1.54) is 38.2 Å². The molecule has 0 spiro atoms. The molecule has 1 aromatic heterocycles. The lowest BCUT2D eigenvalue weighted by atomic mass is 10.3. The maximum absolute atomic E-state index is 3.54. The van der Waals surface area contributed by atoms with Crippen LogP contribution in [0.4, 0.5) is 0 Å². The minimum atomic E-state index is 0.575. The second-order valence-corrected chi connectivity index (χ2v) is 4.49. The van der Waals surface area contributed by atoms with E-state index in [1.807, 2.05) is 12.3 Å². The summed E-state index contributed by atoms with van der Waals surface area (Å²) in [4.78, 5) is 5.76. The van der Waals surface area contributed by atoms with Crippen molar-refractivity contribution in [2.24, 2.45) is 0 Å². The smallest absolute Gasteiger partial charge is 0.0360 e. The molecule has 1 unspecified atom stereocenters. The molecular weight excluding hydrogens is 186 g/mol. The van der Waals surface area contributed by atoms with Crippen LogP contribution in [-0.4, -0.2) is 35.6 Å². The fraction of sp³-hybridized carbons (Fsp3) is 0.667. The summed E-state index contributed by atoms with van der Waals surface area (Å²) in [5.74, 6) is 0. The Kier molecular flexibility index (Phi) is 3.80. The molecule has 1 aliphatic heterocycles. The van der Waals surface area contributed by atoms with Crippen molar-refractivity contribution in [2.45, 2.75) is 32.4 Å². The molecule has 3 nitrogen and oxygen atoms in total. The summed E-state index contributed by atoms with van der Waals surface area (Å²) in [6.07, 6.45) is 4.73. The van der Waals surface area contributed by atoms with E-state index in [2.05, 4.69) is 28.2 Å². The molecule has 0 aromatic carbocycles. The van der Waals surface area contributed by atoms with Crippen molar-refractivity contribution in [3.63, 3.8) is 0 Å². The predicted molar refractivity (Wildman–Crippen MR) is 62.8 cm³/mol. The SMILES string of the molecule is CC(CN1CCCC1)NCc1ccc[nH]1. The van der Waals surface area contributed by atoms with Crippen molar-refractivity contribution in [1.82, 2.24) is 15.2 Å². The van der Waals surface area contributed by atoms with Gasteiger partial charge in [-0.05, 0) is 45.0 Å². The van der Waals surface area contributed by atoms with Crippen molar-refractivity contribution in [3.05, 3.63) is 24.0 Å². The first-order valence-corrected chi connectivity index (χ1v) is 5.92. The zero-order chi connectivity index (χ0) is 10.5. The van der Waals surface area contributed by atoms with E-state index in [-0.39, 0.29) is 0 Å². The lowest BCUT2D eigenvalue weighted by Crippen LogP contribution is -2.37. The average molecular weight is 207 g/mol. The van der Waals surface area contributed by atoms with Gasteiger partial charge in [-0.25, -0.2) is 0 Å². The zero-order valence-electron chi connectivity index (χ0n) is 9.50. The van der Waals surface area contributed by atoms with Crippen LogP contribution in [0, 0.1) is 0 Å². The molecule has 0 radical (unpaired) electrons. The van der Waals surface area contributed by atoms with Gasteiger partial charge in [0, 0.05) is 31.0 Å². The lowest BCUT2D eigenvalue weighted by Gasteiger charge is -2.20. The van der Waals surface area contributed by atoms with Crippen LogP contribution < -0.4 is 5.32 Å². The minimum absolute atomic E-state index is 0.575. The zero-order valence-corrected chi connectivity index (χ0v) is 9.50. The van der Waals surface area contributed by atoms with Crippen LogP contribution in [0.25, 0.3) is 0 Å². The normalized spacial score (nSPS) is 19.5. The van der Waals surface area contributed by atoms with Gasteiger partial charge in [0.1, 0.15) is 0 Å². The number of hydrogen-bond acceptors (Lipinski definition) is 2. The Balaban J connectivity index is 1.66. The van der Waals surface area contributed by atoms with Gasteiger partial charge in [-0.15, -0.1) is 0 Å². The van der Waals surface area contributed by atoms with Gasteiger partial charge >= 0.3 is 0 Å². The molecule has 1 aromatic rings. The van der Waals surface area contributed by atoms with E-state index in [1.54, 1.807) is 0 Å². The number of aromatic amines is 1. The Bertz CT molecular complexity index is 262. The van der Waals surface area contributed by atoms with Crippen LogP contribution in [0.2, 0.25) is 0 Å². The second kappa shape index (κ2) is 5.33. The van der Waals surface area contributed by atoms with Gasteiger partial charge in [0.2, 0.25) is 0 Å². The van der Waals surface area contributed by atoms with Gasteiger partial charge in [0.25, 0.3) is 0 Å². The van der Waals surface area contributed by atoms with Crippen LogP contribution in [0.5, 0.6) is 0 Å². The van der Waals surface area contributed by atoms with Gasteiger partial charge in [0.15, 0.2) is 0 Å². The Labute approximate surface area is 91.9 Å². The number of hydrogen-bond donors (Lipinski definition) is 2. The first-order valence-electron chi connectivity index (χ1n) is 5.92. The summed E-state index contributed by atoms with van der Waals surface area (Å²) >= 11 is 0. The fourth-order valence-electron chi connectivity index (χ4n) is 2.18. The summed E-state index contributed by atoms with van der Waals surface area (Å²) in [5.41, 5.74) is 1.27. The van der Waals surface area contributed by atoms with Crippen molar-refractivity contribution in [3.8, 4) is 0 Å². The number of likely N-dealkylation sites (tertiary alicyclic amines) is 1. The maximum Gasteiger partial charge on any atom is 0.0360 e. The molecule has 0 amide bonds. The first-order chi connectivity index (χ1) is 7.34. The van der Waals surface area contributed by atoms with Gasteiger partial charge < -0.3 is 15.2 Å². The molecule has 84 valence electrons. The molecule has 2 heterocycles. The van der Waals surface area contributed by atoms with Crippen LogP contribution in [0.15, 0.2) is 18.3 Å². The molecule has 15 heavy (non-hydrogen) atoms. The highest BCUT2D eigenvalue weighted by atomic mass is 15.2. The fourth-order valence-corrected chi connectivity index (χ4v) is 2.18. The van der Waals surface area contributed by atoms with Gasteiger partial charge in [-0.2, -0.15) is 0 Å². The molecule has 3 heteroatoms. The van der Waals surface area contributed by atoms with Gasteiger partial charge in [-0.1, -0.05) is 0 Å². The highest BCUT2D eigenvalue weighted by Crippen LogP contribution is 2.07. The Morgan fingerprint density at radius 2 is 2.27 bits per heavy atom. The van der Waals surface area contributed by atoms with Crippen molar-refractivity contribution >= 4 is 0 Å². The number of nitrogens with one attached hydrogen (secondary N) is 2. The highest BCUT2D eigenvalue weighted by Gasteiger charge is 2.13. The number of H-pyrrole nitrogens is 1. The third-order valence-electron chi connectivity index (χ3n) is 3.03. The summed E-state index contributed by atoms with van der Waals surface area (Å²) in [6, 6.07) is 4.74. The number of rotatable bonds is 5. The van der Waals surface area contributed by atoms with E-state index >= 15 is 0 Å². The quantitative estimate of drug-likeness (QED) is 0.768. The van der Waals surface area contributed by atoms with Crippen LogP contribution in [-0.2, 0) is 6.54 Å². The Morgan fingerprint density at radius 1 is 1.47 bits per heavy atom. The Hall–Kier alpha value is -0.800. The molecule has 0 aliphatic carbocycles. The molecule has 1 fully saturated rings. The third kappa shape index (κ3) is 3.36. The predicted octanol–water partition coefficient (Wildman–Crippen LogP) is 1.59. The van der Waals surface area contributed by atoms with E-state index in [4.69, 9.17) is 0 Å². The summed E-state index contributed by atoms with van der Waals surface area (Å²) in [7, 11) is 0. The third-order valence-corrected chi connectivity index (χ3v) is 3.03. The van der Waals surface area contributed by atoms with E-state index in [0.717, 1.165) is 6.54 Å². The van der Waals surface area contributed by atoms with Crippen molar-refractivity contribution in [1.29, 1.82) is 0 Å². The van der Waals surface area contributed by atoms with Crippen LogP contribution >= 0.6 is 0 Å². The number of nitrogens with zero attached hydrogens (tertiary/aromatic N) is 1. The molecule has 1 atom stereocenters. The van der Waals surface area contributed by atoms with Crippen molar-refractivity contribution < 1.29 is 0 Å². The molecule has 2 rings (SSSR count). The van der Waals surface area contributed by atoms with Gasteiger partial charge in [-0.3, -0.25) is 0 Å². The van der Waals surface area contributed by atoms with E-state index in [0.29, 0.717) is 6.04 Å². The standard InChI is InChI=1S/C12H21N3/c1-11(10-15-7-2-3-8-15)14-9-12-5-4-6-13-12/h4-6,11,13-14H,2-3,7-10H2,1H3. The minimum Gasteiger partial charge on any atom is -0.364 e. The van der Waals surface area contributed by atoms with Gasteiger partial charge in [0.05, 0.1) is 0 Å². The molecule has 2 N–H and O–H groups in total. The summed E-state index contributed by atoms with van der Waals surface area (Å²) in [6.45, 7) is 6.97. The second-order valence-electron chi connectivity index (χ2n) is 4.49. The topological polar surface area (TPSA) is 31.1 Å². The highest BCUT2D eigenvalue weighted by molar-refractivity contribution is 5.03. The van der Waals surface area contributed by atoms with Crippen LogP contribution in [0.1, 0.15) is 25.5 Å². The number of aromatic nitrogens is 1. The maximum atomic E-state index is 3.54. The molecule has 0 bridgehead atoms. The molecule has 0 saturated carbocycles. The van der Waals surface area contributed by atoms with E-state index in [9.17, 15) is 0 Å². The largest absolute Gasteiger partial charge is 0.364 e. The monoisotopic (exact) mass is 207 g/mol. The van der Waals surface area contributed by atoms with Crippen molar-refractivity contribution in [2.75, 3.05) is 19.6 Å².